The Balaban J connectivity index is 1.35. The van der Waals surface area contributed by atoms with Gasteiger partial charge in [0.05, 0.1) is 18.2 Å². The minimum atomic E-state index is -0.342. The van der Waals surface area contributed by atoms with Crippen LogP contribution in [-0.4, -0.2) is 40.2 Å². The van der Waals surface area contributed by atoms with Gasteiger partial charge in [-0.2, -0.15) is 0 Å². The van der Waals surface area contributed by atoms with E-state index in [0.29, 0.717) is 22.8 Å². The van der Waals surface area contributed by atoms with Gasteiger partial charge in [0.15, 0.2) is 5.13 Å². The van der Waals surface area contributed by atoms with Gasteiger partial charge in [-0.1, -0.05) is 78.9 Å². The van der Waals surface area contributed by atoms with E-state index in [-0.39, 0.29) is 42.8 Å². The Morgan fingerprint density at radius 1 is 0.846 bits per heavy atom. The zero-order valence-electron chi connectivity index (χ0n) is 22.0. The topological polar surface area (TPSA) is 91.4 Å². The monoisotopic (exact) mass is 540 g/mol. The number of nitrogens with zero attached hydrogens (tertiary/aromatic N) is 2. The van der Waals surface area contributed by atoms with Crippen LogP contribution >= 0.6 is 11.3 Å². The van der Waals surface area contributed by atoms with Crippen molar-refractivity contribution >= 4 is 34.2 Å². The fraction of sp³-hybridized carbons (Fsp3) is 0.226. The quantitative estimate of drug-likeness (QED) is 0.271. The Bertz CT molecular complexity index is 1370. The Hall–Kier alpha value is -4.30. The van der Waals surface area contributed by atoms with Crippen molar-refractivity contribution in [3.8, 4) is 0 Å². The molecule has 0 spiro atoms. The highest BCUT2D eigenvalue weighted by Crippen LogP contribution is 2.20. The molecule has 0 aliphatic rings. The molecule has 0 aliphatic carbocycles. The Morgan fingerprint density at radius 2 is 1.46 bits per heavy atom. The molecule has 3 aromatic carbocycles. The van der Waals surface area contributed by atoms with Gasteiger partial charge in [0, 0.05) is 17.0 Å². The van der Waals surface area contributed by atoms with E-state index in [1.165, 1.54) is 16.2 Å². The van der Waals surface area contributed by atoms with E-state index in [9.17, 15) is 14.4 Å². The van der Waals surface area contributed by atoms with E-state index in [1.807, 2.05) is 80.6 Å². The van der Waals surface area contributed by atoms with Crippen LogP contribution in [0.3, 0.4) is 0 Å². The van der Waals surface area contributed by atoms with E-state index >= 15 is 0 Å². The van der Waals surface area contributed by atoms with Crippen LogP contribution < -0.4 is 10.6 Å². The van der Waals surface area contributed by atoms with Gasteiger partial charge in [0.2, 0.25) is 11.8 Å². The summed E-state index contributed by atoms with van der Waals surface area (Å²) in [6.45, 7) is 3.64. The number of rotatable bonds is 11. The Labute approximate surface area is 232 Å². The molecule has 39 heavy (non-hydrogen) atoms. The molecule has 2 N–H and O–H groups in total. The number of thiazole rings is 1. The van der Waals surface area contributed by atoms with E-state index in [4.69, 9.17) is 0 Å². The summed E-state index contributed by atoms with van der Waals surface area (Å²) < 4.78 is 0. The average molecular weight is 541 g/mol. The molecule has 4 aromatic rings. The van der Waals surface area contributed by atoms with Crippen LogP contribution in [0.1, 0.15) is 47.1 Å². The SMILES string of the molecule is CC(C)N(CC(=O)Nc1nc(CC(=O)N[C@@H](Cc2ccccc2)c2ccccc2)cs1)C(=O)c1ccccc1. The molecule has 0 aliphatic heterocycles. The van der Waals surface area contributed by atoms with E-state index in [2.05, 4.69) is 15.6 Å². The third kappa shape index (κ3) is 8.09. The maximum atomic E-state index is 13.0. The first-order valence-electron chi connectivity index (χ1n) is 12.9. The second-order valence-corrected chi connectivity index (χ2v) is 10.3. The number of amides is 3. The normalized spacial score (nSPS) is 11.6. The van der Waals surface area contributed by atoms with Crippen LogP contribution in [0.4, 0.5) is 5.13 Å². The zero-order chi connectivity index (χ0) is 27.6. The number of carbonyl (C=O) groups excluding carboxylic acids is 3. The van der Waals surface area contributed by atoms with Crippen molar-refractivity contribution in [1.82, 2.24) is 15.2 Å². The molecular weight excluding hydrogens is 508 g/mol. The van der Waals surface area contributed by atoms with Crippen molar-refractivity contribution in [3.63, 3.8) is 0 Å². The number of carbonyl (C=O) groups is 3. The second kappa shape index (κ2) is 13.5. The Kier molecular flexibility index (Phi) is 9.58. The minimum absolute atomic E-state index is 0.0924. The molecule has 0 radical (unpaired) electrons. The Morgan fingerprint density at radius 3 is 2.10 bits per heavy atom. The zero-order valence-corrected chi connectivity index (χ0v) is 22.9. The molecule has 4 rings (SSSR count). The standard InChI is InChI=1S/C31H32N4O3S/c1-22(2)35(30(38)25-16-10-5-11-17-25)20-29(37)34-31-32-26(21-39-31)19-28(36)33-27(24-14-8-4-9-15-24)18-23-12-6-3-7-13-23/h3-17,21-22,27H,18-20H2,1-2H3,(H,33,36)(H,32,34,37)/t27-/m0/s1. The van der Waals surface area contributed by atoms with Gasteiger partial charge in [0.1, 0.15) is 6.54 Å². The second-order valence-electron chi connectivity index (χ2n) is 9.48. The van der Waals surface area contributed by atoms with Crippen molar-refractivity contribution in [1.29, 1.82) is 0 Å². The summed E-state index contributed by atoms with van der Waals surface area (Å²) in [6, 6.07) is 28.5. The third-order valence-corrected chi connectivity index (χ3v) is 6.99. The van der Waals surface area contributed by atoms with Gasteiger partial charge >= 0.3 is 0 Å². The van der Waals surface area contributed by atoms with Gasteiger partial charge in [-0.05, 0) is 43.5 Å². The lowest BCUT2D eigenvalue weighted by Gasteiger charge is -2.26. The largest absolute Gasteiger partial charge is 0.349 e. The van der Waals surface area contributed by atoms with Crippen LogP contribution in [-0.2, 0) is 22.4 Å². The molecule has 0 fully saturated rings. The molecular formula is C31H32N4O3S. The average Bonchev–Trinajstić information content (AvgIpc) is 3.38. The number of anilines is 1. The van der Waals surface area contributed by atoms with Gasteiger partial charge in [0.25, 0.3) is 5.91 Å². The minimum Gasteiger partial charge on any atom is -0.349 e. The molecule has 0 saturated heterocycles. The molecule has 3 amide bonds. The van der Waals surface area contributed by atoms with Gasteiger partial charge < -0.3 is 15.5 Å². The highest BCUT2D eigenvalue weighted by atomic mass is 32.1. The lowest BCUT2D eigenvalue weighted by atomic mass is 9.98. The van der Waals surface area contributed by atoms with Crippen LogP contribution in [0.15, 0.2) is 96.4 Å². The number of nitrogens with one attached hydrogen (secondary N) is 2. The molecule has 7 nitrogen and oxygen atoms in total. The first kappa shape index (κ1) is 27.7. The summed E-state index contributed by atoms with van der Waals surface area (Å²) in [6.07, 6.45) is 0.762. The smallest absolute Gasteiger partial charge is 0.254 e. The van der Waals surface area contributed by atoms with Crippen molar-refractivity contribution < 1.29 is 14.4 Å². The summed E-state index contributed by atoms with van der Waals surface area (Å²) in [5.74, 6) is -0.701. The predicted octanol–water partition coefficient (Wildman–Crippen LogP) is 5.28. The summed E-state index contributed by atoms with van der Waals surface area (Å²) >= 11 is 1.25. The fourth-order valence-electron chi connectivity index (χ4n) is 4.19. The lowest BCUT2D eigenvalue weighted by molar-refractivity contribution is -0.121. The highest BCUT2D eigenvalue weighted by Gasteiger charge is 2.22. The van der Waals surface area contributed by atoms with E-state index < -0.39 is 0 Å². The predicted molar refractivity (Wildman–Crippen MR) is 155 cm³/mol. The number of hydrogen-bond donors (Lipinski definition) is 2. The van der Waals surface area contributed by atoms with Crippen molar-refractivity contribution in [2.24, 2.45) is 0 Å². The van der Waals surface area contributed by atoms with Gasteiger partial charge in [-0.15, -0.1) is 11.3 Å². The summed E-state index contributed by atoms with van der Waals surface area (Å²) in [7, 11) is 0. The fourth-order valence-corrected chi connectivity index (χ4v) is 4.92. The first-order valence-corrected chi connectivity index (χ1v) is 13.8. The molecule has 1 atom stereocenters. The number of benzene rings is 3. The highest BCUT2D eigenvalue weighted by molar-refractivity contribution is 7.13. The van der Waals surface area contributed by atoms with Crippen LogP contribution in [0.25, 0.3) is 0 Å². The van der Waals surface area contributed by atoms with Crippen molar-refractivity contribution in [3.05, 3.63) is 119 Å². The summed E-state index contributed by atoms with van der Waals surface area (Å²) in [4.78, 5) is 44.6. The molecule has 1 heterocycles. The summed E-state index contributed by atoms with van der Waals surface area (Å²) in [5.41, 5.74) is 3.26. The maximum Gasteiger partial charge on any atom is 0.254 e. The van der Waals surface area contributed by atoms with E-state index in [1.54, 1.807) is 29.6 Å². The van der Waals surface area contributed by atoms with Crippen LogP contribution in [0.5, 0.6) is 0 Å². The van der Waals surface area contributed by atoms with E-state index in [0.717, 1.165) is 11.1 Å². The summed E-state index contributed by atoms with van der Waals surface area (Å²) in [5, 5.41) is 8.06. The molecule has 1 aromatic heterocycles. The van der Waals surface area contributed by atoms with Gasteiger partial charge in [-0.25, -0.2) is 4.98 Å². The van der Waals surface area contributed by atoms with Crippen molar-refractivity contribution in [2.45, 2.75) is 38.8 Å². The molecule has 0 unspecified atom stereocenters. The molecule has 8 heteroatoms. The van der Waals surface area contributed by atoms with Gasteiger partial charge in [-0.3, -0.25) is 14.4 Å². The molecule has 0 bridgehead atoms. The number of aromatic nitrogens is 1. The molecule has 200 valence electrons. The third-order valence-electron chi connectivity index (χ3n) is 6.18. The first-order chi connectivity index (χ1) is 18.9. The number of hydrogen-bond acceptors (Lipinski definition) is 5. The van der Waals surface area contributed by atoms with Crippen LogP contribution in [0, 0.1) is 0 Å². The van der Waals surface area contributed by atoms with Crippen molar-refractivity contribution in [2.75, 3.05) is 11.9 Å². The maximum absolute atomic E-state index is 13.0. The van der Waals surface area contributed by atoms with Crippen LogP contribution in [0.2, 0.25) is 0 Å². The molecule has 0 saturated carbocycles. The lowest BCUT2D eigenvalue weighted by Crippen LogP contribution is -2.42.